The summed E-state index contributed by atoms with van der Waals surface area (Å²) in [5.41, 5.74) is 6.16. The molecule has 7 heteroatoms. The molecule has 2 aromatic rings. The molecule has 1 aromatic heterocycles. The minimum Gasteiger partial charge on any atom is -0.348 e. The minimum absolute atomic E-state index is 0.503. The number of benzene rings is 1. The molecular weight excluding hydrogens is 396 g/mol. The van der Waals surface area contributed by atoms with Gasteiger partial charge in [-0.25, -0.2) is 0 Å². The summed E-state index contributed by atoms with van der Waals surface area (Å²) in [5, 5.41) is 12.6. The summed E-state index contributed by atoms with van der Waals surface area (Å²) >= 11 is 13.3. The summed E-state index contributed by atoms with van der Waals surface area (Å²) in [4.78, 5) is 7.99. The lowest BCUT2D eigenvalue weighted by Gasteiger charge is -2.31. The fourth-order valence-electron chi connectivity index (χ4n) is 3.60. The Kier molecular flexibility index (Phi) is 5.35. The van der Waals surface area contributed by atoms with Crippen LogP contribution in [0, 0.1) is 11.5 Å². The summed E-state index contributed by atoms with van der Waals surface area (Å²) in [7, 11) is 0. The third-order valence-electron chi connectivity index (χ3n) is 4.89. The molecular formula is C20H17ClN4S2. The number of nitriles is 1. The van der Waals surface area contributed by atoms with Gasteiger partial charge < -0.3 is 4.90 Å². The van der Waals surface area contributed by atoms with Gasteiger partial charge in [0.25, 0.3) is 0 Å². The first-order valence-corrected chi connectivity index (χ1v) is 10.5. The van der Waals surface area contributed by atoms with Crippen molar-refractivity contribution in [3.63, 3.8) is 0 Å². The van der Waals surface area contributed by atoms with E-state index in [9.17, 15) is 0 Å². The molecule has 2 aliphatic heterocycles. The van der Waals surface area contributed by atoms with Crippen LogP contribution in [0.1, 0.15) is 29.7 Å². The van der Waals surface area contributed by atoms with Gasteiger partial charge in [-0.15, -0.1) is 11.8 Å². The van der Waals surface area contributed by atoms with Crippen molar-refractivity contribution in [3.8, 4) is 6.19 Å². The molecule has 0 aliphatic carbocycles. The van der Waals surface area contributed by atoms with Crippen LogP contribution in [0.5, 0.6) is 0 Å². The van der Waals surface area contributed by atoms with Crippen LogP contribution in [-0.2, 0) is 5.75 Å². The van der Waals surface area contributed by atoms with E-state index in [-0.39, 0.29) is 0 Å². The Hall–Kier alpha value is -2.07. The van der Waals surface area contributed by atoms with Gasteiger partial charge in [-0.2, -0.15) is 5.26 Å². The molecule has 1 aromatic carbocycles. The molecule has 1 N–H and O–H groups in total. The number of nitrogens with one attached hydrogen (secondary N) is 1. The smallest absolute Gasteiger partial charge is 0.183 e. The van der Waals surface area contributed by atoms with Gasteiger partial charge in [-0.05, 0) is 54.4 Å². The lowest BCUT2D eigenvalue weighted by Crippen LogP contribution is -2.41. The SMILES string of the molecule is N#CNC(=S)N1CCC(=C2c3ccc(Cl)cc3SCc3cccnc32)CC1. The maximum absolute atomic E-state index is 8.79. The number of hydrogen-bond acceptors (Lipinski definition) is 4. The Bertz CT molecular complexity index is 970. The number of fused-ring (bicyclic) bond motifs is 2. The van der Waals surface area contributed by atoms with E-state index in [0.29, 0.717) is 5.11 Å². The predicted octanol–water partition coefficient (Wildman–Crippen LogP) is 4.59. The van der Waals surface area contributed by atoms with Gasteiger partial charge in [-0.3, -0.25) is 10.3 Å². The molecule has 0 bridgehead atoms. The van der Waals surface area contributed by atoms with Gasteiger partial charge in [0.15, 0.2) is 11.3 Å². The van der Waals surface area contributed by atoms with Gasteiger partial charge >= 0.3 is 0 Å². The van der Waals surface area contributed by atoms with E-state index in [0.717, 1.165) is 42.4 Å². The van der Waals surface area contributed by atoms with Crippen LogP contribution in [0.25, 0.3) is 5.57 Å². The van der Waals surface area contributed by atoms with E-state index >= 15 is 0 Å². The summed E-state index contributed by atoms with van der Waals surface area (Å²) in [6.07, 6.45) is 5.56. The molecule has 4 nitrogen and oxygen atoms in total. The first-order valence-electron chi connectivity index (χ1n) is 8.70. The molecule has 1 saturated heterocycles. The molecule has 136 valence electrons. The van der Waals surface area contributed by atoms with Gasteiger partial charge in [-0.1, -0.05) is 29.3 Å². The number of hydrogen-bond donors (Lipinski definition) is 1. The molecule has 1 fully saturated rings. The number of thiocarbonyl (C=S) groups is 1. The van der Waals surface area contributed by atoms with Gasteiger partial charge in [0.05, 0.1) is 5.69 Å². The van der Waals surface area contributed by atoms with E-state index in [1.165, 1.54) is 27.2 Å². The Morgan fingerprint density at radius 3 is 2.89 bits per heavy atom. The largest absolute Gasteiger partial charge is 0.348 e. The monoisotopic (exact) mass is 412 g/mol. The lowest BCUT2D eigenvalue weighted by molar-refractivity contribution is 0.387. The summed E-state index contributed by atoms with van der Waals surface area (Å²) in [6.45, 7) is 1.59. The van der Waals surface area contributed by atoms with Crippen molar-refractivity contribution in [2.75, 3.05) is 13.1 Å². The van der Waals surface area contributed by atoms with Crippen LogP contribution in [0.15, 0.2) is 47.0 Å². The van der Waals surface area contributed by atoms with Crippen molar-refractivity contribution in [2.45, 2.75) is 23.5 Å². The molecule has 0 unspecified atom stereocenters. The van der Waals surface area contributed by atoms with E-state index in [4.69, 9.17) is 34.1 Å². The highest BCUT2D eigenvalue weighted by Crippen LogP contribution is 2.43. The molecule has 0 radical (unpaired) electrons. The summed E-state index contributed by atoms with van der Waals surface area (Å²) in [6, 6.07) is 10.3. The number of piperidine rings is 1. The number of likely N-dealkylation sites (tertiary alicyclic amines) is 1. The fourth-order valence-corrected chi connectivity index (χ4v) is 5.14. The number of nitrogens with zero attached hydrogens (tertiary/aromatic N) is 3. The zero-order chi connectivity index (χ0) is 18.8. The third kappa shape index (κ3) is 3.68. The Morgan fingerprint density at radius 1 is 1.30 bits per heavy atom. The Labute approximate surface area is 173 Å². The number of rotatable bonds is 0. The molecule has 2 aliphatic rings. The number of aromatic nitrogens is 1. The molecule has 0 amide bonds. The second-order valence-corrected chi connectivity index (χ2v) is 8.29. The van der Waals surface area contributed by atoms with Crippen molar-refractivity contribution in [3.05, 3.63) is 63.9 Å². The van der Waals surface area contributed by atoms with Crippen molar-refractivity contribution < 1.29 is 0 Å². The van der Waals surface area contributed by atoms with Gasteiger partial charge in [0.1, 0.15) is 0 Å². The molecule has 3 heterocycles. The van der Waals surface area contributed by atoms with E-state index < -0.39 is 0 Å². The molecule has 4 rings (SSSR count). The predicted molar refractivity (Wildman–Crippen MR) is 113 cm³/mol. The zero-order valence-electron chi connectivity index (χ0n) is 14.5. The molecule has 0 atom stereocenters. The first-order chi connectivity index (χ1) is 13.2. The summed E-state index contributed by atoms with van der Waals surface area (Å²) < 4.78 is 0. The average Bonchev–Trinajstić information content (AvgIpc) is 2.85. The number of thioether (sulfide) groups is 1. The molecule has 0 saturated carbocycles. The van der Waals surface area contributed by atoms with Gasteiger partial charge in [0.2, 0.25) is 0 Å². The Balaban J connectivity index is 1.77. The molecule has 27 heavy (non-hydrogen) atoms. The van der Waals surface area contributed by atoms with Crippen molar-refractivity contribution >= 4 is 46.3 Å². The fraction of sp³-hybridized carbons (Fsp3) is 0.250. The van der Waals surface area contributed by atoms with Crippen LogP contribution in [0.2, 0.25) is 5.02 Å². The van der Waals surface area contributed by atoms with E-state index in [2.05, 4.69) is 28.4 Å². The second kappa shape index (κ2) is 7.89. The topological polar surface area (TPSA) is 52.0 Å². The van der Waals surface area contributed by atoms with Crippen LogP contribution in [-0.4, -0.2) is 28.1 Å². The standard InChI is InChI=1S/C20H17ClN4S2/c21-15-3-4-16-17(10-15)27-11-14-2-1-7-23-19(14)18(16)13-5-8-25(9-6-13)20(26)24-12-22/h1-4,7,10H,5-6,8-9,11H2,(H,24,26). The maximum atomic E-state index is 8.79. The maximum Gasteiger partial charge on any atom is 0.183 e. The molecule has 0 spiro atoms. The van der Waals surface area contributed by atoms with Crippen LogP contribution < -0.4 is 5.32 Å². The van der Waals surface area contributed by atoms with Crippen molar-refractivity contribution in [1.82, 2.24) is 15.2 Å². The minimum atomic E-state index is 0.503. The normalized spacial score (nSPS) is 16.1. The van der Waals surface area contributed by atoms with Crippen LogP contribution >= 0.6 is 35.6 Å². The number of halogens is 1. The average molecular weight is 413 g/mol. The Morgan fingerprint density at radius 2 is 2.11 bits per heavy atom. The lowest BCUT2D eigenvalue weighted by atomic mass is 9.89. The summed E-state index contributed by atoms with van der Waals surface area (Å²) in [5.74, 6) is 0.885. The first kappa shape index (κ1) is 18.3. The highest BCUT2D eigenvalue weighted by atomic mass is 35.5. The zero-order valence-corrected chi connectivity index (χ0v) is 16.9. The van der Waals surface area contributed by atoms with Crippen molar-refractivity contribution in [2.24, 2.45) is 0 Å². The van der Waals surface area contributed by atoms with E-state index in [1.54, 1.807) is 0 Å². The van der Waals surface area contributed by atoms with Crippen LogP contribution in [0.3, 0.4) is 0 Å². The highest BCUT2D eigenvalue weighted by molar-refractivity contribution is 7.98. The third-order valence-corrected chi connectivity index (χ3v) is 6.59. The van der Waals surface area contributed by atoms with E-state index in [1.807, 2.05) is 36.3 Å². The van der Waals surface area contributed by atoms with Crippen LogP contribution in [0.4, 0.5) is 0 Å². The quantitative estimate of drug-likeness (QED) is 0.388. The van der Waals surface area contributed by atoms with Gasteiger partial charge in [0, 0.05) is 40.5 Å². The highest BCUT2D eigenvalue weighted by Gasteiger charge is 2.26. The second-order valence-electron chi connectivity index (χ2n) is 6.45. The number of pyridine rings is 1. The van der Waals surface area contributed by atoms with Crippen molar-refractivity contribution in [1.29, 1.82) is 5.26 Å².